The smallest absolute Gasteiger partial charge is 0.353 e. The third kappa shape index (κ3) is 2.65. The molecule has 1 aliphatic rings. The van der Waals surface area contributed by atoms with E-state index in [0.717, 1.165) is 25.5 Å². The van der Waals surface area contributed by atoms with Crippen LogP contribution in [0.3, 0.4) is 0 Å². The molecule has 0 N–H and O–H groups in total. The molecule has 11 heteroatoms. The molecule has 126 valence electrons. The maximum Gasteiger partial charge on any atom is 0.435 e. The lowest BCUT2D eigenvalue weighted by atomic mass is 10.1. The molecule has 1 aliphatic heterocycles. The van der Waals surface area contributed by atoms with Gasteiger partial charge in [0, 0.05) is 19.3 Å². The number of halogens is 3. The number of hydrogen-bond donors (Lipinski definition) is 0. The molecule has 0 saturated carbocycles. The van der Waals surface area contributed by atoms with Crippen LogP contribution in [0, 0.1) is 0 Å². The van der Waals surface area contributed by atoms with E-state index in [1.165, 1.54) is 15.5 Å². The van der Waals surface area contributed by atoms with Gasteiger partial charge in [-0.3, -0.25) is 4.68 Å². The van der Waals surface area contributed by atoms with Crippen molar-refractivity contribution in [1.29, 1.82) is 0 Å². The van der Waals surface area contributed by atoms with E-state index in [0.29, 0.717) is 18.0 Å². The van der Waals surface area contributed by atoms with E-state index in [2.05, 4.69) is 25.7 Å². The Balaban J connectivity index is 1.56. The first-order valence-electron chi connectivity index (χ1n) is 7.43. The number of alkyl halides is 3. The predicted octanol–water partition coefficient (Wildman–Crippen LogP) is 1.58. The van der Waals surface area contributed by atoms with Crippen LogP contribution in [0.4, 0.5) is 19.0 Å². The predicted molar refractivity (Wildman–Crippen MR) is 76.3 cm³/mol. The maximum absolute atomic E-state index is 12.7. The van der Waals surface area contributed by atoms with Gasteiger partial charge in [-0.05, 0) is 41.5 Å². The molecular formula is C13H13F3N8. The molecule has 1 unspecified atom stereocenters. The monoisotopic (exact) mass is 338 g/mol. The van der Waals surface area contributed by atoms with Crippen LogP contribution in [0.15, 0.2) is 24.4 Å². The quantitative estimate of drug-likeness (QED) is 0.706. The summed E-state index contributed by atoms with van der Waals surface area (Å²) in [5.74, 6) is 0.683. The second-order valence-electron chi connectivity index (χ2n) is 5.64. The Hall–Kier alpha value is -2.72. The topological polar surface area (TPSA) is 77.0 Å². The SMILES string of the molecule is FC(F)(F)c1ccn(C2CCCN(c3ccc4nnnn4n3)C2)n1. The van der Waals surface area contributed by atoms with Crippen molar-refractivity contribution < 1.29 is 13.2 Å². The largest absolute Gasteiger partial charge is 0.435 e. The van der Waals surface area contributed by atoms with Crippen LogP contribution in [0.2, 0.25) is 0 Å². The number of rotatable bonds is 2. The zero-order chi connectivity index (χ0) is 16.7. The summed E-state index contributed by atoms with van der Waals surface area (Å²) < 4.78 is 40.9. The number of anilines is 1. The Labute approximate surface area is 133 Å². The maximum atomic E-state index is 12.7. The van der Waals surface area contributed by atoms with Crippen molar-refractivity contribution in [2.45, 2.75) is 25.1 Å². The average molecular weight is 338 g/mol. The molecule has 0 amide bonds. The number of hydrogen-bond acceptors (Lipinski definition) is 6. The van der Waals surface area contributed by atoms with Crippen molar-refractivity contribution in [1.82, 2.24) is 35.0 Å². The molecule has 3 aromatic rings. The second kappa shape index (κ2) is 5.42. The molecule has 1 fully saturated rings. The summed E-state index contributed by atoms with van der Waals surface area (Å²) >= 11 is 0. The number of fused-ring (bicyclic) bond motifs is 1. The average Bonchev–Trinajstić information content (AvgIpc) is 3.23. The van der Waals surface area contributed by atoms with E-state index in [-0.39, 0.29) is 6.04 Å². The third-order valence-electron chi connectivity index (χ3n) is 4.05. The van der Waals surface area contributed by atoms with Crippen molar-refractivity contribution in [3.05, 3.63) is 30.1 Å². The highest BCUT2D eigenvalue weighted by Gasteiger charge is 2.34. The summed E-state index contributed by atoms with van der Waals surface area (Å²) in [4.78, 5) is 2.00. The van der Waals surface area contributed by atoms with Crippen molar-refractivity contribution in [3.63, 3.8) is 0 Å². The number of tetrazole rings is 1. The summed E-state index contributed by atoms with van der Waals surface area (Å²) in [6, 6.07) is 4.42. The van der Waals surface area contributed by atoms with Crippen molar-refractivity contribution in [2.75, 3.05) is 18.0 Å². The van der Waals surface area contributed by atoms with Gasteiger partial charge in [-0.25, -0.2) is 0 Å². The summed E-state index contributed by atoms with van der Waals surface area (Å²) in [6.45, 7) is 1.30. The lowest BCUT2D eigenvalue weighted by molar-refractivity contribution is -0.141. The minimum absolute atomic E-state index is 0.138. The van der Waals surface area contributed by atoms with Gasteiger partial charge in [0.05, 0.1) is 6.04 Å². The summed E-state index contributed by atoms with van der Waals surface area (Å²) in [6.07, 6.45) is -1.44. The van der Waals surface area contributed by atoms with Gasteiger partial charge < -0.3 is 4.90 Å². The standard InChI is InChI=1S/C13H13F3N8/c14-13(15,16)10-5-7-23(18-10)9-2-1-6-22(8-9)12-4-3-11-17-20-21-24(11)19-12/h3-5,7,9H,1-2,6,8H2. The van der Waals surface area contributed by atoms with E-state index in [1.54, 1.807) is 12.1 Å². The van der Waals surface area contributed by atoms with Gasteiger partial charge in [0.25, 0.3) is 0 Å². The van der Waals surface area contributed by atoms with E-state index in [9.17, 15) is 13.2 Å². The molecule has 8 nitrogen and oxygen atoms in total. The molecule has 0 bridgehead atoms. The van der Waals surface area contributed by atoms with Gasteiger partial charge in [-0.1, -0.05) is 0 Å². The molecule has 0 radical (unpaired) electrons. The van der Waals surface area contributed by atoms with Gasteiger partial charge >= 0.3 is 6.18 Å². The Morgan fingerprint density at radius 2 is 2.00 bits per heavy atom. The minimum atomic E-state index is -4.42. The van der Waals surface area contributed by atoms with E-state index in [4.69, 9.17) is 0 Å². The lowest BCUT2D eigenvalue weighted by Gasteiger charge is -2.33. The van der Waals surface area contributed by atoms with Crippen LogP contribution in [-0.2, 0) is 6.18 Å². The first-order valence-corrected chi connectivity index (χ1v) is 7.43. The van der Waals surface area contributed by atoms with Gasteiger partial charge in [0.1, 0.15) is 0 Å². The summed E-state index contributed by atoms with van der Waals surface area (Å²) in [5.41, 5.74) is -0.331. The zero-order valence-corrected chi connectivity index (χ0v) is 12.4. The highest BCUT2D eigenvalue weighted by molar-refractivity contribution is 5.44. The van der Waals surface area contributed by atoms with Crippen LogP contribution < -0.4 is 4.90 Å². The second-order valence-corrected chi connectivity index (χ2v) is 5.64. The molecule has 0 spiro atoms. The first-order chi connectivity index (χ1) is 11.5. The Bertz CT molecular complexity index is 854. The normalized spacial score (nSPS) is 19.1. The first kappa shape index (κ1) is 14.8. The van der Waals surface area contributed by atoms with Gasteiger partial charge in [-0.15, -0.1) is 14.8 Å². The van der Waals surface area contributed by atoms with Gasteiger partial charge in [0.15, 0.2) is 17.2 Å². The van der Waals surface area contributed by atoms with Crippen LogP contribution in [0.25, 0.3) is 5.65 Å². The van der Waals surface area contributed by atoms with Crippen LogP contribution in [0.5, 0.6) is 0 Å². The fraction of sp³-hybridized carbons (Fsp3) is 0.462. The highest BCUT2D eigenvalue weighted by atomic mass is 19.4. The van der Waals surface area contributed by atoms with E-state index < -0.39 is 11.9 Å². The minimum Gasteiger partial charge on any atom is -0.353 e. The molecular weight excluding hydrogens is 325 g/mol. The van der Waals surface area contributed by atoms with Gasteiger partial charge in [0.2, 0.25) is 0 Å². The van der Waals surface area contributed by atoms with Crippen molar-refractivity contribution in [3.8, 4) is 0 Å². The number of nitrogens with zero attached hydrogens (tertiary/aromatic N) is 8. The van der Waals surface area contributed by atoms with Gasteiger partial charge in [-0.2, -0.15) is 18.3 Å². The van der Waals surface area contributed by atoms with Crippen LogP contribution >= 0.6 is 0 Å². The zero-order valence-electron chi connectivity index (χ0n) is 12.4. The lowest BCUT2D eigenvalue weighted by Crippen LogP contribution is -2.37. The van der Waals surface area contributed by atoms with Crippen LogP contribution in [0.1, 0.15) is 24.6 Å². The molecule has 3 aromatic heterocycles. The Morgan fingerprint density at radius 1 is 1.12 bits per heavy atom. The molecule has 4 rings (SSSR count). The Kier molecular flexibility index (Phi) is 3.36. The highest BCUT2D eigenvalue weighted by Crippen LogP contribution is 2.30. The molecule has 1 atom stereocenters. The molecule has 0 aromatic carbocycles. The van der Waals surface area contributed by atoms with Crippen LogP contribution in [-0.4, -0.2) is 48.1 Å². The third-order valence-corrected chi connectivity index (χ3v) is 4.05. The molecule has 0 aliphatic carbocycles. The summed E-state index contributed by atoms with van der Waals surface area (Å²) in [7, 11) is 0. The fourth-order valence-electron chi connectivity index (χ4n) is 2.88. The number of piperidine rings is 1. The molecule has 1 saturated heterocycles. The Morgan fingerprint density at radius 3 is 2.79 bits per heavy atom. The van der Waals surface area contributed by atoms with Crippen molar-refractivity contribution in [2.24, 2.45) is 0 Å². The molecule has 4 heterocycles. The van der Waals surface area contributed by atoms with E-state index in [1.807, 2.05) is 4.90 Å². The fourth-order valence-corrected chi connectivity index (χ4v) is 2.88. The number of aromatic nitrogens is 7. The molecule has 24 heavy (non-hydrogen) atoms. The van der Waals surface area contributed by atoms with E-state index >= 15 is 0 Å². The summed E-state index contributed by atoms with van der Waals surface area (Å²) in [5, 5.41) is 19.1. The van der Waals surface area contributed by atoms with Crippen molar-refractivity contribution >= 4 is 11.5 Å².